The Morgan fingerprint density at radius 2 is 2.06 bits per heavy atom. The van der Waals surface area contributed by atoms with Crippen molar-refractivity contribution in [1.82, 2.24) is 14.8 Å². The van der Waals surface area contributed by atoms with E-state index in [2.05, 4.69) is 10.2 Å². The smallest absolute Gasteiger partial charge is 0.221 e. The van der Waals surface area contributed by atoms with E-state index in [1.807, 2.05) is 0 Å². The summed E-state index contributed by atoms with van der Waals surface area (Å²) >= 11 is 0. The number of hydrogen-bond donors (Lipinski definition) is 0. The predicted molar refractivity (Wildman–Crippen MR) is 63.3 cm³/mol. The minimum atomic E-state index is -1.19. The number of benzene rings is 1. The van der Waals surface area contributed by atoms with Crippen LogP contribution >= 0.6 is 0 Å². The first-order valence-corrected chi connectivity index (χ1v) is 6.49. The number of rotatable bonds is 3. The van der Waals surface area contributed by atoms with E-state index in [0.29, 0.717) is 22.3 Å². The van der Waals surface area contributed by atoms with E-state index < -0.39 is 10.8 Å². The van der Waals surface area contributed by atoms with Crippen LogP contribution in [0, 0.1) is 5.82 Å². The van der Waals surface area contributed by atoms with Crippen LogP contribution in [0.1, 0.15) is 6.92 Å². The summed E-state index contributed by atoms with van der Waals surface area (Å²) in [6.45, 7) is 1.80. The van der Waals surface area contributed by atoms with Crippen molar-refractivity contribution in [1.29, 1.82) is 0 Å². The van der Waals surface area contributed by atoms with Crippen LogP contribution in [0.5, 0.6) is 0 Å². The number of hydrogen-bond acceptors (Lipinski definition) is 3. The first-order chi connectivity index (χ1) is 8.15. The molecule has 0 saturated heterocycles. The van der Waals surface area contributed by atoms with Gasteiger partial charge in [-0.2, -0.15) is 0 Å². The van der Waals surface area contributed by atoms with Crippen molar-refractivity contribution in [2.75, 3.05) is 5.75 Å². The maximum Gasteiger partial charge on any atom is 0.221 e. The molecule has 17 heavy (non-hydrogen) atoms. The molecular formula is C11H12FN3OS. The Labute approximate surface area is 101 Å². The van der Waals surface area contributed by atoms with Gasteiger partial charge in [0.1, 0.15) is 5.82 Å². The standard InChI is InChI=1S/C11H12FN3OS/c1-3-17(16)11-14-13-10(15(11)2)8-6-4-5-7-9(8)12/h4-7H,3H2,1-2H3. The summed E-state index contributed by atoms with van der Waals surface area (Å²) in [4.78, 5) is 0. The molecule has 1 aromatic carbocycles. The molecule has 1 unspecified atom stereocenters. The highest BCUT2D eigenvalue weighted by Gasteiger charge is 2.16. The Morgan fingerprint density at radius 3 is 2.71 bits per heavy atom. The van der Waals surface area contributed by atoms with E-state index in [1.54, 1.807) is 36.7 Å². The van der Waals surface area contributed by atoms with Crippen LogP contribution < -0.4 is 0 Å². The van der Waals surface area contributed by atoms with Gasteiger partial charge >= 0.3 is 0 Å². The summed E-state index contributed by atoms with van der Waals surface area (Å²) < 4.78 is 26.8. The molecule has 0 aliphatic heterocycles. The van der Waals surface area contributed by atoms with Crippen molar-refractivity contribution in [3.8, 4) is 11.4 Å². The first-order valence-electron chi connectivity index (χ1n) is 5.17. The number of nitrogens with zero attached hydrogens (tertiary/aromatic N) is 3. The van der Waals surface area contributed by atoms with E-state index in [0.717, 1.165) is 0 Å². The second-order valence-electron chi connectivity index (χ2n) is 3.48. The quantitative estimate of drug-likeness (QED) is 0.837. The molecule has 0 bridgehead atoms. The molecule has 0 aliphatic carbocycles. The normalized spacial score (nSPS) is 12.6. The van der Waals surface area contributed by atoms with Crippen molar-refractivity contribution < 1.29 is 8.60 Å². The molecule has 0 saturated carbocycles. The van der Waals surface area contributed by atoms with Crippen LogP contribution in [0.25, 0.3) is 11.4 Å². The van der Waals surface area contributed by atoms with Gasteiger partial charge in [-0.1, -0.05) is 19.1 Å². The zero-order chi connectivity index (χ0) is 12.4. The minimum Gasteiger partial charge on any atom is -0.303 e. The minimum absolute atomic E-state index is 0.363. The van der Waals surface area contributed by atoms with E-state index in [1.165, 1.54) is 6.07 Å². The van der Waals surface area contributed by atoms with Gasteiger partial charge in [0.2, 0.25) is 5.16 Å². The van der Waals surface area contributed by atoms with E-state index in [9.17, 15) is 8.60 Å². The van der Waals surface area contributed by atoms with E-state index in [4.69, 9.17) is 0 Å². The molecule has 1 heterocycles. The highest BCUT2D eigenvalue weighted by atomic mass is 32.2. The van der Waals surface area contributed by atoms with Gasteiger partial charge in [-0.05, 0) is 12.1 Å². The van der Waals surface area contributed by atoms with Crippen molar-refractivity contribution in [2.24, 2.45) is 7.05 Å². The highest BCUT2D eigenvalue weighted by molar-refractivity contribution is 7.84. The van der Waals surface area contributed by atoms with Gasteiger partial charge in [-0.3, -0.25) is 4.21 Å². The second kappa shape index (κ2) is 4.75. The lowest BCUT2D eigenvalue weighted by molar-refractivity contribution is 0.627. The monoisotopic (exact) mass is 253 g/mol. The summed E-state index contributed by atoms with van der Waals surface area (Å²) in [5.74, 6) is 0.486. The van der Waals surface area contributed by atoms with Crippen molar-refractivity contribution >= 4 is 10.8 Å². The summed E-state index contributed by atoms with van der Waals surface area (Å²) in [6, 6.07) is 6.32. The third-order valence-corrected chi connectivity index (χ3v) is 3.70. The third kappa shape index (κ3) is 2.12. The number of aromatic nitrogens is 3. The van der Waals surface area contributed by atoms with Crippen LogP contribution in [0.3, 0.4) is 0 Å². The first kappa shape index (κ1) is 11.9. The van der Waals surface area contributed by atoms with Gasteiger partial charge in [-0.25, -0.2) is 4.39 Å². The Morgan fingerprint density at radius 1 is 1.35 bits per heavy atom. The molecule has 90 valence electrons. The molecular weight excluding hydrogens is 241 g/mol. The maximum atomic E-state index is 13.6. The van der Waals surface area contributed by atoms with E-state index in [-0.39, 0.29) is 5.82 Å². The van der Waals surface area contributed by atoms with Crippen LogP contribution in [0.15, 0.2) is 29.4 Å². The summed E-state index contributed by atoms with van der Waals surface area (Å²) in [5, 5.41) is 8.11. The molecule has 1 aromatic heterocycles. The summed E-state index contributed by atoms with van der Waals surface area (Å²) in [6.07, 6.45) is 0. The Bertz CT molecular complexity index is 568. The molecule has 4 nitrogen and oxygen atoms in total. The van der Waals surface area contributed by atoms with Crippen LogP contribution in [0.4, 0.5) is 4.39 Å². The van der Waals surface area contributed by atoms with Gasteiger partial charge in [0.25, 0.3) is 0 Å². The van der Waals surface area contributed by atoms with Crippen molar-refractivity contribution in [2.45, 2.75) is 12.1 Å². The maximum absolute atomic E-state index is 13.6. The van der Waals surface area contributed by atoms with Crippen LogP contribution in [-0.4, -0.2) is 24.7 Å². The average molecular weight is 253 g/mol. The fraction of sp³-hybridized carbons (Fsp3) is 0.273. The molecule has 0 amide bonds. The van der Waals surface area contributed by atoms with Crippen molar-refractivity contribution in [3.63, 3.8) is 0 Å². The Balaban J connectivity index is 2.52. The largest absolute Gasteiger partial charge is 0.303 e. The van der Waals surface area contributed by atoms with Gasteiger partial charge in [0, 0.05) is 12.8 Å². The zero-order valence-electron chi connectivity index (χ0n) is 9.55. The predicted octanol–water partition coefficient (Wildman–Crippen LogP) is 1.75. The molecule has 0 fully saturated rings. The molecule has 0 radical (unpaired) electrons. The molecule has 2 rings (SSSR count). The fourth-order valence-corrected chi connectivity index (χ4v) is 2.30. The lowest BCUT2D eigenvalue weighted by atomic mass is 10.2. The molecule has 0 spiro atoms. The molecule has 0 aliphatic rings. The summed E-state index contributed by atoms with van der Waals surface area (Å²) in [7, 11) is 0.491. The van der Waals surface area contributed by atoms with Gasteiger partial charge in [0.05, 0.1) is 16.4 Å². The van der Waals surface area contributed by atoms with Crippen LogP contribution in [0.2, 0.25) is 0 Å². The summed E-state index contributed by atoms with van der Waals surface area (Å²) in [5.41, 5.74) is 0.363. The zero-order valence-corrected chi connectivity index (χ0v) is 10.4. The van der Waals surface area contributed by atoms with E-state index >= 15 is 0 Å². The SMILES string of the molecule is CCS(=O)c1nnc(-c2ccccc2F)n1C. The van der Waals surface area contributed by atoms with Gasteiger partial charge < -0.3 is 4.57 Å². The lowest BCUT2D eigenvalue weighted by Crippen LogP contribution is -2.04. The fourth-order valence-electron chi connectivity index (χ4n) is 1.52. The highest BCUT2D eigenvalue weighted by Crippen LogP contribution is 2.21. The van der Waals surface area contributed by atoms with Crippen LogP contribution in [-0.2, 0) is 17.8 Å². The third-order valence-electron chi connectivity index (χ3n) is 2.42. The molecule has 1 atom stereocenters. The van der Waals surface area contributed by atoms with Crippen molar-refractivity contribution in [3.05, 3.63) is 30.1 Å². The second-order valence-corrected chi connectivity index (χ2v) is 5.11. The molecule has 6 heteroatoms. The number of halogens is 1. The lowest BCUT2D eigenvalue weighted by Gasteiger charge is -2.03. The average Bonchev–Trinajstić information content (AvgIpc) is 2.71. The van der Waals surface area contributed by atoms with Gasteiger partial charge in [0.15, 0.2) is 5.82 Å². The topological polar surface area (TPSA) is 47.8 Å². The molecule has 0 N–H and O–H groups in total. The van der Waals surface area contributed by atoms with Gasteiger partial charge in [-0.15, -0.1) is 10.2 Å². The Hall–Kier alpha value is -1.56. The molecule has 2 aromatic rings. The Kier molecular flexibility index (Phi) is 3.33.